The van der Waals surface area contributed by atoms with E-state index in [-0.39, 0.29) is 17.6 Å². The first kappa shape index (κ1) is 17.8. The van der Waals surface area contributed by atoms with Gasteiger partial charge in [-0.1, -0.05) is 11.6 Å². The number of ether oxygens (including phenoxy) is 1. The molecule has 3 rings (SSSR count). The first-order chi connectivity index (χ1) is 12.1. The van der Waals surface area contributed by atoms with Crippen molar-refractivity contribution >= 4 is 34.2 Å². The molecule has 0 radical (unpaired) electrons. The second-order valence-electron chi connectivity index (χ2n) is 5.94. The SMILES string of the molecule is CCOC(=O)c1cn(CC)c2cc(Cl)c(N3CCNCC3)cc2c1=O. The lowest BCUT2D eigenvalue weighted by Crippen LogP contribution is -2.43. The highest BCUT2D eigenvalue weighted by Gasteiger charge is 2.20. The molecule has 1 aliphatic rings. The third kappa shape index (κ3) is 3.37. The van der Waals surface area contributed by atoms with Crippen LogP contribution >= 0.6 is 11.6 Å². The Balaban J connectivity index is 2.20. The lowest BCUT2D eigenvalue weighted by Gasteiger charge is -2.30. The highest BCUT2D eigenvalue weighted by atomic mass is 35.5. The van der Waals surface area contributed by atoms with Gasteiger partial charge in [-0.2, -0.15) is 0 Å². The molecule has 25 heavy (non-hydrogen) atoms. The highest BCUT2D eigenvalue weighted by molar-refractivity contribution is 6.34. The first-order valence-electron chi connectivity index (χ1n) is 8.56. The normalized spacial score (nSPS) is 14.8. The van der Waals surface area contributed by atoms with Crippen LogP contribution in [0.4, 0.5) is 5.69 Å². The summed E-state index contributed by atoms with van der Waals surface area (Å²) in [4.78, 5) is 27.2. The molecule has 0 atom stereocenters. The number of aryl methyl sites for hydroxylation is 1. The van der Waals surface area contributed by atoms with Crippen molar-refractivity contribution in [3.63, 3.8) is 0 Å². The van der Waals surface area contributed by atoms with Gasteiger partial charge in [0.05, 0.1) is 22.8 Å². The van der Waals surface area contributed by atoms with Gasteiger partial charge in [-0.15, -0.1) is 0 Å². The summed E-state index contributed by atoms with van der Waals surface area (Å²) in [6, 6.07) is 3.62. The summed E-state index contributed by atoms with van der Waals surface area (Å²) in [5, 5.41) is 4.40. The zero-order valence-electron chi connectivity index (χ0n) is 14.5. The molecular weight excluding hydrogens is 342 g/mol. The van der Waals surface area contributed by atoms with Crippen LogP contribution in [0.15, 0.2) is 23.1 Å². The van der Waals surface area contributed by atoms with E-state index in [1.54, 1.807) is 19.2 Å². The van der Waals surface area contributed by atoms with Gasteiger partial charge >= 0.3 is 5.97 Å². The maximum absolute atomic E-state index is 12.9. The monoisotopic (exact) mass is 363 g/mol. The van der Waals surface area contributed by atoms with Crippen LogP contribution in [-0.4, -0.2) is 43.3 Å². The van der Waals surface area contributed by atoms with E-state index in [1.807, 2.05) is 17.6 Å². The minimum absolute atomic E-state index is 0.0600. The number of hydrogen-bond acceptors (Lipinski definition) is 5. The molecule has 2 heterocycles. The molecular formula is C18H22ClN3O3. The largest absolute Gasteiger partial charge is 0.462 e. The van der Waals surface area contributed by atoms with Crippen LogP contribution < -0.4 is 15.6 Å². The topological polar surface area (TPSA) is 63.6 Å². The van der Waals surface area contributed by atoms with Crippen molar-refractivity contribution in [1.29, 1.82) is 0 Å². The number of pyridine rings is 1. The van der Waals surface area contributed by atoms with Crippen molar-refractivity contribution in [2.45, 2.75) is 20.4 Å². The van der Waals surface area contributed by atoms with Crippen molar-refractivity contribution < 1.29 is 9.53 Å². The third-order valence-corrected chi connectivity index (χ3v) is 4.75. The summed E-state index contributed by atoms with van der Waals surface area (Å²) < 4.78 is 6.89. The molecule has 134 valence electrons. The maximum atomic E-state index is 12.9. The van der Waals surface area contributed by atoms with E-state index in [2.05, 4.69) is 10.2 Å². The quantitative estimate of drug-likeness (QED) is 0.844. The van der Waals surface area contributed by atoms with Gasteiger partial charge in [0.1, 0.15) is 5.56 Å². The molecule has 0 aliphatic carbocycles. The van der Waals surface area contributed by atoms with Gasteiger partial charge in [0.15, 0.2) is 0 Å². The van der Waals surface area contributed by atoms with E-state index in [1.165, 1.54) is 0 Å². The Labute approximate surface area is 151 Å². The number of fused-ring (bicyclic) bond motifs is 1. The second kappa shape index (κ2) is 7.45. The van der Waals surface area contributed by atoms with Crippen molar-refractivity contribution in [1.82, 2.24) is 9.88 Å². The van der Waals surface area contributed by atoms with Crippen molar-refractivity contribution in [3.8, 4) is 0 Å². The lowest BCUT2D eigenvalue weighted by atomic mass is 10.1. The van der Waals surface area contributed by atoms with Crippen LogP contribution in [-0.2, 0) is 11.3 Å². The van der Waals surface area contributed by atoms with Crippen LogP contribution in [0.2, 0.25) is 5.02 Å². The van der Waals surface area contributed by atoms with Crippen LogP contribution in [0.25, 0.3) is 10.9 Å². The number of hydrogen-bond donors (Lipinski definition) is 1. The summed E-state index contributed by atoms with van der Waals surface area (Å²) in [5.74, 6) is -0.588. The van der Waals surface area contributed by atoms with Gasteiger partial charge in [-0.3, -0.25) is 4.79 Å². The molecule has 0 spiro atoms. The average Bonchev–Trinajstić information content (AvgIpc) is 2.62. The van der Waals surface area contributed by atoms with Gasteiger partial charge in [0, 0.05) is 44.3 Å². The predicted molar refractivity (Wildman–Crippen MR) is 99.9 cm³/mol. The summed E-state index contributed by atoms with van der Waals surface area (Å²) in [6.07, 6.45) is 1.56. The number of esters is 1. The fourth-order valence-electron chi connectivity index (χ4n) is 3.16. The number of benzene rings is 1. The van der Waals surface area contributed by atoms with E-state index in [4.69, 9.17) is 16.3 Å². The van der Waals surface area contributed by atoms with E-state index in [0.29, 0.717) is 17.0 Å². The minimum Gasteiger partial charge on any atom is -0.462 e. The number of anilines is 1. The number of nitrogens with one attached hydrogen (secondary N) is 1. The van der Waals surface area contributed by atoms with Gasteiger partial charge in [-0.25, -0.2) is 4.79 Å². The molecule has 0 amide bonds. The number of piperazine rings is 1. The molecule has 1 aromatic carbocycles. The molecule has 0 bridgehead atoms. The maximum Gasteiger partial charge on any atom is 0.343 e. The zero-order chi connectivity index (χ0) is 18.0. The summed E-state index contributed by atoms with van der Waals surface area (Å²) >= 11 is 6.50. The molecule has 0 unspecified atom stereocenters. The molecule has 1 saturated heterocycles. The third-order valence-electron chi connectivity index (χ3n) is 4.44. The fraction of sp³-hybridized carbons (Fsp3) is 0.444. The first-order valence-corrected chi connectivity index (χ1v) is 8.94. The predicted octanol–water partition coefficient (Wildman–Crippen LogP) is 2.26. The van der Waals surface area contributed by atoms with Gasteiger partial charge < -0.3 is 19.5 Å². The molecule has 1 aromatic heterocycles. The van der Waals surface area contributed by atoms with Gasteiger partial charge in [0.2, 0.25) is 5.43 Å². The molecule has 1 fully saturated rings. The fourth-order valence-corrected chi connectivity index (χ4v) is 3.44. The molecule has 1 aliphatic heterocycles. The lowest BCUT2D eigenvalue weighted by molar-refractivity contribution is 0.0524. The summed E-state index contributed by atoms with van der Waals surface area (Å²) in [7, 11) is 0. The molecule has 0 saturated carbocycles. The van der Waals surface area contributed by atoms with Crippen LogP contribution in [0.1, 0.15) is 24.2 Å². The molecule has 7 heteroatoms. The number of aromatic nitrogens is 1. The van der Waals surface area contributed by atoms with Crippen molar-refractivity contribution in [3.05, 3.63) is 39.1 Å². The number of rotatable bonds is 4. The Bertz CT molecular complexity index is 857. The standard InChI is InChI=1S/C18H22ClN3O3/c1-3-21-11-13(18(24)25-4-2)17(23)12-9-16(14(19)10-15(12)21)22-7-5-20-6-8-22/h9-11,20H,3-8H2,1-2H3. The van der Waals surface area contributed by atoms with Crippen LogP contribution in [0, 0.1) is 0 Å². The van der Waals surface area contributed by atoms with Crippen LogP contribution in [0.5, 0.6) is 0 Å². The van der Waals surface area contributed by atoms with Gasteiger partial charge in [0.25, 0.3) is 0 Å². The Morgan fingerprint density at radius 3 is 2.64 bits per heavy atom. The average molecular weight is 364 g/mol. The summed E-state index contributed by atoms with van der Waals surface area (Å²) in [6.45, 7) is 7.92. The Morgan fingerprint density at radius 1 is 1.28 bits per heavy atom. The van der Waals surface area contributed by atoms with E-state index >= 15 is 0 Å². The van der Waals surface area contributed by atoms with Gasteiger partial charge in [-0.05, 0) is 26.0 Å². The highest BCUT2D eigenvalue weighted by Crippen LogP contribution is 2.30. The zero-order valence-corrected chi connectivity index (χ0v) is 15.2. The number of carbonyl (C=O) groups excluding carboxylic acids is 1. The Kier molecular flexibility index (Phi) is 5.30. The Morgan fingerprint density at radius 2 is 2.00 bits per heavy atom. The van der Waals surface area contributed by atoms with Crippen LogP contribution in [0.3, 0.4) is 0 Å². The van der Waals surface area contributed by atoms with Crippen molar-refractivity contribution in [2.24, 2.45) is 0 Å². The Hall–Kier alpha value is -2.05. The minimum atomic E-state index is -0.588. The smallest absolute Gasteiger partial charge is 0.343 e. The number of halogens is 1. The van der Waals surface area contributed by atoms with E-state index in [9.17, 15) is 9.59 Å². The van der Waals surface area contributed by atoms with Crippen molar-refractivity contribution in [2.75, 3.05) is 37.7 Å². The summed E-state index contributed by atoms with van der Waals surface area (Å²) in [5.41, 5.74) is 1.30. The molecule has 6 nitrogen and oxygen atoms in total. The molecule has 1 N–H and O–H groups in total. The number of carbonyl (C=O) groups is 1. The van der Waals surface area contributed by atoms with E-state index < -0.39 is 5.97 Å². The second-order valence-corrected chi connectivity index (χ2v) is 6.34. The number of nitrogens with zero attached hydrogens (tertiary/aromatic N) is 2. The molecule has 2 aromatic rings. The van der Waals surface area contributed by atoms with E-state index in [0.717, 1.165) is 37.4 Å².